The first-order valence-electron chi connectivity index (χ1n) is 21.9. The Hall–Kier alpha value is -5.40. The van der Waals surface area contributed by atoms with E-state index in [1.165, 1.54) is 136 Å². The molecule has 0 N–H and O–H groups in total. The Morgan fingerprint density at radius 3 is 1.96 bits per heavy atom. The summed E-state index contributed by atoms with van der Waals surface area (Å²) < 4.78 is 0. The van der Waals surface area contributed by atoms with E-state index in [0.717, 1.165) is 11.8 Å². The first kappa shape index (κ1) is 34.8. The van der Waals surface area contributed by atoms with Gasteiger partial charge in [0.05, 0.1) is 5.69 Å². The van der Waals surface area contributed by atoms with E-state index in [1.807, 2.05) is 0 Å². The van der Waals surface area contributed by atoms with Gasteiger partial charge in [0.15, 0.2) is 0 Å². The zero-order valence-corrected chi connectivity index (χ0v) is 33.6. The summed E-state index contributed by atoms with van der Waals surface area (Å²) in [6.07, 6.45) is 12.3. The quantitative estimate of drug-likeness (QED) is 0.157. The van der Waals surface area contributed by atoms with E-state index in [1.54, 1.807) is 5.56 Å². The van der Waals surface area contributed by atoms with Gasteiger partial charge < -0.3 is 4.90 Å². The smallest absolute Gasteiger partial charge is 0.0540 e. The SMILES string of the molecule is CC1(C)c2cc(N(c3ccc(C4CCCCC4)cc3)c3ccc(C4CC5CCC4C5)c4ccccc34)ccc2-c2cccc(-c3ccc(-c4ccccc4)cc3)c21. The molecule has 4 aliphatic carbocycles. The van der Waals surface area contributed by atoms with Gasteiger partial charge >= 0.3 is 0 Å². The van der Waals surface area contributed by atoms with Crippen LogP contribution >= 0.6 is 0 Å². The fourth-order valence-electron chi connectivity index (χ4n) is 11.9. The zero-order valence-electron chi connectivity index (χ0n) is 33.6. The molecule has 1 nitrogen and oxygen atoms in total. The van der Waals surface area contributed by atoms with E-state index in [0.29, 0.717) is 11.8 Å². The minimum Gasteiger partial charge on any atom is -0.310 e. The molecule has 57 heavy (non-hydrogen) atoms. The average molecular weight is 740 g/mol. The fraction of sp³-hybridized carbons (Fsp3) is 0.286. The molecule has 0 radical (unpaired) electrons. The number of benzene rings is 7. The van der Waals surface area contributed by atoms with E-state index in [4.69, 9.17) is 0 Å². The second-order valence-corrected chi connectivity index (χ2v) is 18.3. The van der Waals surface area contributed by atoms with Crippen LogP contribution in [-0.4, -0.2) is 0 Å². The van der Waals surface area contributed by atoms with Crippen molar-refractivity contribution in [3.05, 3.63) is 174 Å². The maximum absolute atomic E-state index is 2.57. The number of anilines is 3. The molecule has 2 bridgehead atoms. The van der Waals surface area contributed by atoms with Gasteiger partial charge in [-0.2, -0.15) is 0 Å². The van der Waals surface area contributed by atoms with Crippen molar-refractivity contribution in [3.63, 3.8) is 0 Å². The molecular formula is C56H53N. The third-order valence-corrected chi connectivity index (χ3v) is 14.8. The Kier molecular flexibility index (Phi) is 8.50. The van der Waals surface area contributed by atoms with Crippen molar-refractivity contribution >= 4 is 27.8 Å². The monoisotopic (exact) mass is 739 g/mol. The van der Waals surface area contributed by atoms with Crippen LogP contribution in [-0.2, 0) is 5.41 Å². The standard InChI is InChI=1S/C56H53N/c1-56(2)53-36-45(30-31-49(53)51-19-11-18-46(55(51)56)42-24-22-40(23-25-42)38-12-5-3-6-13-38)57(44-28-26-41(27-29-44)39-14-7-4-8-15-39)54-33-32-48(47-16-9-10-17-50(47)54)52-35-37-20-21-43(52)34-37/h3,5-6,9-13,16-19,22-33,36-37,39,43,52H,4,7-8,14-15,20-21,34-35H2,1-2H3. The van der Waals surface area contributed by atoms with Crippen molar-refractivity contribution in [2.45, 2.75) is 88.9 Å². The summed E-state index contributed by atoms with van der Waals surface area (Å²) in [5.74, 6) is 3.14. The Morgan fingerprint density at radius 2 is 1.21 bits per heavy atom. The van der Waals surface area contributed by atoms with E-state index in [2.05, 4.69) is 170 Å². The van der Waals surface area contributed by atoms with Crippen LogP contribution in [0.25, 0.3) is 44.2 Å². The molecule has 1 heteroatoms. The highest BCUT2D eigenvalue weighted by Crippen LogP contribution is 2.56. The second kappa shape index (κ2) is 13.9. The molecule has 0 aromatic heterocycles. The predicted molar refractivity (Wildman–Crippen MR) is 241 cm³/mol. The number of hydrogen-bond acceptors (Lipinski definition) is 1. The lowest BCUT2D eigenvalue weighted by Crippen LogP contribution is -2.18. The van der Waals surface area contributed by atoms with Crippen LogP contribution < -0.4 is 4.90 Å². The third kappa shape index (κ3) is 5.88. The van der Waals surface area contributed by atoms with Gasteiger partial charge in [0.25, 0.3) is 0 Å². The van der Waals surface area contributed by atoms with Crippen molar-refractivity contribution < 1.29 is 0 Å². The Balaban J connectivity index is 1.02. The van der Waals surface area contributed by atoms with Gasteiger partial charge in [-0.15, -0.1) is 0 Å². The first-order valence-corrected chi connectivity index (χ1v) is 21.9. The molecule has 7 aromatic carbocycles. The van der Waals surface area contributed by atoms with Gasteiger partial charge in [0.1, 0.15) is 0 Å². The van der Waals surface area contributed by atoms with Crippen molar-refractivity contribution in [2.75, 3.05) is 4.90 Å². The molecule has 3 saturated carbocycles. The maximum Gasteiger partial charge on any atom is 0.0540 e. The highest BCUT2D eigenvalue weighted by molar-refractivity contribution is 6.01. The molecule has 0 saturated heterocycles. The molecule has 7 aromatic rings. The molecule has 0 amide bonds. The summed E-state index contributed by atoms with van der Waals surface area (Å²) in [7, 11) is 0. The second-order valence-electron chi connectivity index (χ2n) is 18.3. The normalized spacial score (nSPS) is 20.8. The Bertz CT molecular complexity index is 2590. The van der Waals surface area contributed by atoms with Crippen molar-refractivity contribution in [1.82, 2.24) is 0 Å². The van der Waals surface area contributed by atoms with E-state index in [-0.39, 0.29) is 5.41 Å². The van der Waals surface area contributed by atoms with Crippen LogP contribution in [0.3, 0.4) is 0 Å². The van der Waals surface area contributed by atoms with Crippen molar-refractivity contribution in [2.24, 2.45) is 11.8 Å². The summed E-state index contributed by atoms with van der Waals surface area (Å²) in [5.41, 5.74) is 17.3. The fourth-order valence-corrected chi connectivity index (χ4v) is 11.9. The van der Waals surface area contributed by atoms with Gasteiger partial charge in [0, 0.05) is 22.2 Å². The largest absolute Gasteiger partial charge is 0.310 e. The molecular weight excluding hydrogens is 687 g/mol. The Morgan fingerprint density at radius 1 is 0.509 bits per heavy atom. The molecule has 0 heterocycles. The lowest BCUT2D eigenvalue weighted by atomic mass is 9.78. The van der Waals surface area contributed by atoms with Gasteiger partial charge in [0.2, 0.25) is 0 Å². The van der Waals surface area contributed by atoms with E-state index < -0.39 is 0 Å². The summed E-state index contributed by atoms with van der Waals surface area (Å²) in [6.45, 7) is 4.87. The lowest BCUT2D eigenvalue weighted by molar-refractivity contribution is 0.422. The molecule has 3 unspecified atom stereocenters. The van der Waals surface area contributed by atoms with Gasteiger partial charge in [-0.1, -0.05) is 161 Å². The van der Waals surface area contributed by atoms with Gasteiger partial charge in [-0.3, -0.25) is 0 Å². The third-order valence-electron chi connectivity index (χ3n) is 14.8. The average Bonchev–Trinajstić information content (AvgIpc) is 3.97. The molecule has 11 rings (SSSR count). The van der Waals surface area contributed by atoms with E-state index in [9.17, 15) is 0 Å². The number of nitrogens with zero attached hydrogens (tertiary/aromatic N) is 1. The minimum absolute atomic E-state index is 0.181. The van der Waals surface area contributed by atoms with Gasteiger partial charge in [-0.05, 0) is 147 Å². The van der Waals surface area contributed by atoms with Crippen LogP contribution in [0.15, 0.2) is 152 Å². The highest BCUT2D eigenvalue weighted by atomic mass is 15.1. The molecule has 3 fully saturated rings. The first-order chi connectivity index (χ1) is 28.0. The highest BCUT2D eigenvalue weighted by Gasteiger charge is 2.41. The van der Waals surface area contributed by atoms with Crippen LogP contribution in [0.4, 0.5) is 17.1 Å². The molecule has 282 valence electrons. The maximum atomic E-state index is 2.57. The predicted octanol–water partition coefficient (Wildman–Crippen LogP) is 15.9. The Labute approximate surface area is 339 Å². The molecule has 3 atom stereocenters. The topological polar surface area (TPSA) is 3.24 Å². The summed E-state index contributed by atoms with van der Waals surface area (Å²) in [5, 5.41) is 2.80. The summed E-state index contributed by atoms with van der Waals surface area (Å²) >= 11 is 0. The summed E-state index contributed by atoms with van der Waals surface area (Å²) in [4.78, 5) is 2.57. The van der Waals surface area contributed by atoms with Gasteiger partial charge in [-0.25, -0.2) is 0 Å². The minimum atomic E-state index is -0.181. The van der Waals surface area contributed by atoms with Crippen molar-refractivity contribution in [1.29, 1.82) is 0 Å². The summed E-state index contributed by atoms with van der Waals surface area (Å²) in [6, 6.07) is 58.1. The molecule has 4 aliphatic rings. The lowest BCUT2D eigenvalue weighted by Gasteiger charge is -2.31. The van der Waals surface area contributed by atoms with Crippen LogP contribution in [0.1, 0.15) is 106 Å². The number of hydrogen-bond donors (Lipinski definition) is 0. The number of rotatable bonds is 7. The van der Waals surface area contributed by atoms with Crippen molar-refractivity contribution in [3.8, 4) is 33.4 Å². The molecule has 0 spiro atoms. The van der Waals surface area contributed by atoms with Crippen LogP contribution in [0.5, 0.6) is 0 Å². The molecule has 0 aliphatic heterocycles. The van der Waals surface area contributed by atoms with E-state index >= 15 is 0 Å². The van der Waals surface area contributed by atoms with Crippen LogP contribution in [0, 0.1) is 11.8 Å². The number of fused-ring (bicyclic) bond motifs is 6. The zero-order chi connectivity index (χ0) is 38.1. The van der Waals surface area contributed by atoms with Crippen LogP contribution in [0.2, 0.25) is 0 Å².